The van der Waals surface area contributed by atoms with Gasteiger partial charge < -0.3 is 5.73 Å². The van der Waals surface area contributed by atoms with Crippen molar-refractivity contribution >= 4 is 15.9 Å². The van der Waals surface area contributed by atoms with Gasteiger partial charge in [0.25, 0.3) is 0 Å². The lowest BCUT2D eigenvalue weighted by molar-refractivity contribution is -0.121. The third-order valence-corrected chi connectivity index (χ3v) is 3.81. The van der Waals surface area contributed by atoms with Gasteiger partial charge in [-0.1, -0.05) is 0 Å². The van der Waals surface area contributed by atoms with Gasteiger partial charge in [0.15, 0.2) is 0 Å². The van der Waals surface area contributed by atoms with Crippen LogP contribution in [0.3, 0.4) is 0 Å². The van der Waals surface area contributed by atoms with Crippen LogP contribution in [0.1, 0.15) is 32.6 Å². The van der Waals surface area contributed by atoms with E-state index in [1.807, 2.05) is 4.72 Å². The molecular formula is C8H16N2O3S. The zero-order valence-corrected chi connectivity index (χ0v) is 9.06. The summed E-state index contributed by atoms with van der Waals surface area (Å²) in [5, 5.41) is 0. The first-order chi connectivity index (χ1) is 6.37. The van der Waals surface area contributed by atoms with E-state index in [1.165, 1.54) is 6.92 Å². The molecule has 14 heavy (non-hydrogen) atoms. The summed E-state index contributed by atoms with van der Waals surface area (Å²) in [6.45, 7) is 1.48. The predicted molar refractivity (Wildman–Crippen MR) is 53.0 cm³/mol. The van der Waals surface area contributed by atoms with E-state index in [2.05, 4.69) is 0 Å². The first-order valence-electron chi connectivity index (χ1n) is 4.69. The molecule has 0 aromatic carbocycles. The number of carbonyl (C=O) groups excluding carboxylic acids is 1. The average molecular weight is 220 g/mol. The number of rotatable bonds is 4. The maximum absolute atomic E-state index is 11.3. The highest BCUT2D eigenvalue weighted by Crippen LogP contribution is 2.31. The van der Waals surface area contributed by atoms with Crippen molar-refractivity contribution in [1.29, 1.82) is 0 Å². The Balaban J connectivity index is 2.44. The minimum Gasteiger partial charge on any atom is -0.325 e. The van der Waals surface area contributed by atoms with E-state index in [-0.39, 0.29) is 12.2 Å². The fraction of sp³-hybridized carbons (Fsp3) is 0.875. The van der Waals surface area contributed by atoms with Gasteiger partial charge in [-0.25, -0.2) is 8.42 Å². The quantitative estimate of drug-likeness (QED) is 0.682. The maximum atomic E-state index is 11.3. The Bertz CT molecular complexity index is 319. The molecule has 0 aromatic heterocycles. The fourth-order valence-corrected chi connectivity index (χ4v) is 1.97. The molecule has 1 fully saturated rings. The molecule has 1 aliphatic rings. The van der Waals surface area contributed by atoms with E-state index in [0.29, 0.717) is 0 Å². The lowest BCUT2D eigenvalue weighted by Crippen LogP contribution is -2.50. The van der Waals surface area contributed by atoms with Crippen molar-refractivity contribution in [3.05, 3.63) is 0 Å². The van der Waals surface area contributed by atoms with Gasteiger partial charge in [0.05, 0.1) is 5.75 Å². The molecule has 0 saturated heterocycles. The van der Waals surface area contributed by atoms with Gasteiger partial charge in [-0.3, -0.25) is 9.52 Å². The Morgan fingerprint density at radius 1 is 1.50 bits per heavy atom. The van der Waals surface area contributed by atoms with Crippen LogP contribution in [0.4, 0.5) is 0 Å². The molecule has 5 nitrogen and oxygen atoms in total. The predicted octanol–water partition coefficient (Wildman–Crippen LogP) is -0.276. The molecule has 0 radical (unpaired) electrons. The number of hydrogen-bond acceptors (Lipinski definition) is 4. The van der Waals surface area contributed by atoms with Crippen molar-refractivity contribution in [2.24, 2.45) is 5.73 Å². The molecule has 0 unspecified atom stereocenters. The molecule has 0 aliphatic heterocycles. The minimum absolute atomic E-state index is 0.0870. The Kier molecular flexibility index (Phi) is 3.16. The van der Waals surface area contributed by atoms with E-state index in [4.69, 9.17) is 5.73 Å². The molecule has 3 N–H and O–H groups in total. The standard InChI is InChI=1S/C8H16N2O3S/c1-2-14(12,13)10-7(11)6-8(9)4-3-5-8/h2-6,9H2,1H3,(H,10,11). The van der Waals surface area contributed by atoms with Crippen molar-refractivity contribution in [3.63, 3.8) is 0 Å². The summed E-state index contributed by atoms with van der Waals surface area (Å²) >= 11 is 0. The molecule has 0 atom stereocenters. The van der Waals surface area contributed by atoms with Gasteiger partial charge in [-0.15, -0.1) is 0 Å². The van der Waals surface area contributed by atoms with Crippen LogP contribution in [0.25, 0.3) is 0 Å². The number of nitrogens with one attached hydrogen (secondary N) is 1. The van der Waals surface area contributed by atoms with Gasteiger partial charge in [-0.05, 0) is 26.2 Å². The van der Waals surface area contributed by atoms with Gasteiger partial charge in [0.2, 0.25) is 15.9 Å². The first kappa shape index (κ1) is 11.5. The molecule has 0 bridgehead atoms. The molecule has 1 amide bonds. The zero-order valence-electron chi connectivity index (χ0n) is 8.25. The van der Waals surface area contributed by atoms with Crippen LogP contribution in [-0.4, -0.2) is 25.6 Å². The Labute approximate surface area is 84.1 Å². The molecule has 1 aliphatic carbocycles. The van der Waals surface area contributed by atoms with Crippen LogP contribution in [0.15, 0.2) is 0 Å². The highest BCUT2D eigenvalue weighted by atomic mass is 32.2. The summed E-state index contributed by atoms with van der Waals surface area (Å²) in [6, 6.07) is 0. The Hall–Kier alpha value is -0.620. The Morgan fingerprint density at radius 3 is 2.43 bits per heavy atom. The normalized spacial score (nSPS) is 19.9. The SMILES string of the molecule is CCS(=O)(=O)NC(=O)CC1(N)CCC1. The summed E-state index contributed by atoms with van der Waals surface area (Å²) in [4.78, 5) is 11.3. The monoisotopic (exact) mass is 220 g/mol. The van der Waals surface area contributed by atoms with Crippen molar-refractivity contribution in [2.75, 3.05) is 5.75 Å². The van der Waals surface area contributed by atoms with Crippen LogP contribution < -0.4 is 10.5 Å². The molecule has 82 valence electrons. The van der Waals surface area contributed by atoms with Crippen LogP contribution in [0, 0.1) is 0 Å². The summed E-state index contributed by atoms with van der Waals surface area (Å²) < 4.78 is 24.0. The van der Waals surface area contributed by atoms with Gasteiger partial charge >= 0.3 is 0 Å². The lowest BCUT2D eigenvalue weighted by Gasteiger charge is -2.37. The van der Waals surface area contributed by atoms with Crippen LogP contribution >= 0.6 is 0 Å². The van der Waals surface area contributed by atoms with Gasteiger partial charge in [0.1, 0.15) is 0 Å². The molecule has 1 saturated carbocycles. The number of carbonyl (C=O) groups is 1. The average Bonchev–Trinajstić information content (AvgIpc) is 2.00. The third kappa shape index (κ3) is 2.95. The lowest BCUT2D eigenvalue weighted by atomic mass is 9.75. The van der Waals surface area contributed by atoms with E-state index < -0.39 is 21.5 Å². The molecular weight excluding hydrogens is 204 g/mol. The number of sulfonamides is 1. The van der Waals surface area contributed by atoms with E-state index in [1.54, 1.807) is 0 Å². The second kappa shape index (κ2) is 3.86. The zero-order chi connectivity index (χ0) is 10.8. The van der Waals surface area contributed by atoms with Crippen LogP contribution in [0.5, 0.6) is 0 Å². The van der Waals surface area contributed by atoms with E-state index in [9.17, 15) is 13.2 Å². The number of nitrogens with two attached hydrogens (primary N) is 1. The summed E-state index contributed by atoms with van der Waals surface area (Å²) in [5.74, 6) is -0.579. The number of hydrogen-bond donors (Lipinski definition) is 2. The largest absolute Gasteiger partial charge is 0.325 e. The fourth-order valence-electron chi connectivity index (χ4n) is 1.41. The molecule has 1 rings (SSSR count). The van der Waals surface area contributed by atoms with Crippen molar-refractivity contribution in [2.45, 2.75) is 38.1 Å². The van der Waals surface area contributed by atoms with Gasteiger partial charge in [-0.2, -0.15) is 0 Å². The first-order valence-corrected chi connectivity index (χ1v) is 6.34. The van der Waals surface area contributed by atoms with E-state index >= 15 is 0 Å². The second-order valence-electron chi connectivity index (χ2n) is 3.82. The molecule has 0 aromatic rings. The van der Waals surface area contributed by atoms with Gasteiger partial charge in [0, 0.05) is 12.0 Å². The topological polar surface area (TPSA) is 89.3 Å². The number of amides is 1. The van der Waals surface area contributed by atoms with Crippen LogP contribution in [-0.2, 0) is 14.8 Å². The second-order valence-corrected chi connectivity index (χ2v) is 5.83. The molecule has 0 heterocycles. The Morgan fingerprint density at radius 2 is 2.07 bits per heavy atom. The summed E-state index contributed by atoms with van der Waals surface area (Å²) in [6.07, 6.45) is 2.72. The van der Waals surface area contributed by atoms with Crippen molar-refractivity contribution < 1.29 is 13.2 Å². The molecule has 6 heteroatoms. The molecule has 0 spiro atoms. The van der Waals surface area contributed by atoms with E-state index in [0.717, 1.165) is 19.3 Å². The smallest absolute Gasteiger partial charge is 0.235 e. The third-order valence-electron chi connectivity index (χ3n) is 2.51. The highest BCUT2D eigenvalue weighted by molar-refractivity contribution is 7.90. The highest BCUT2D eigenvalue weighted by Gasteiger charge is 2.35. The summed E-state index contributed by atoms with van der Waals surface area (Å²) in [7, 11) is -3.43. The minimum atomic E-state index is -3.43. The van der Waals surface area contributed by atoms with Crippen molar-refractivity contribution in [1.82, 2.24) is 4.72 Å². The van der Waals surface area contributed by atoms with Crippen LogP contribution in [0.2, 0.25) is 0 Å². The summed E-state index contributed by atoms with van der Waals surface area (Å²) in [5.41, 5.74) is 5.34. The van der Waals surface area contributed by atoms with Crippen molar-refractivity contribution in [3.8, 4) is 0 Å². The maximum Gasteiger partial charge on any atom is 0.235 e.